The molecule has 0 aliphatic carbocycles. The van der Waals surface area contributed by atoms with E-state index < -0.39 is 6.04 Å². The number of hydrogen-bond donors (Lipinski definition) is 2. The molecule has 0 saturated carbocycles. The molecule has 1 atom stereocenters. The molecule has 3 rings (SSSR count). The molecular weight excluding hydrogens is 286 g/mol. The topological polar surface area (TPSA) is 87.7 Å². The van der Waals surface area contributed by atoms with E-state index in [1.165, 1.54) is 0 Å². The van der Waals surface area contributed by atoms with E-state index in [1.807, 2.05) is 18.2 Å². The molecule has 3 amide bonds. The first-order valence-electron chi connectivity index (χ1n) is 7.24. The lowest BCUT2D eigenvalue weighted by atomic mass is 10.2. The Balaban J connectivity index is 1.56. The third-order valence-corrected chi connectivity index (χ3v) is 3.75. The quantitative estimate of drug-likeness (QED) is 0.807. The maximum atomic E-state index is 12.0. The van der Waals surface area contributed by atoms with E-state index in [1.54, 1.807) is 11.0 Å². The van der Waals surface area contributed by atoms with E-state index >= 15 is 0 Å². The zero-order valence-corrected chi connectivity index (χ0v) is 12.0. The van der Waals surface area contributed by atoms with E-state index in [0.29, 0.717) is 37.4 Å². The molecule has 0 bridgehead atoms. The molecule has 0 radical (unpaired) electrons. The molecule has 0 aromatic heterocycles. The summed E-state index contributed by atoms with van der Waals surface area (Å²) >= 11 is 0. The van der Waals surface area contributed by atoms with Crippen molar-refractivity contribution < 1.29 is 19.1 Å². The number of rotatable bonds is 4. The minimum absolute atomic E-state index is 0.00361. The summed E-state index contributed by atoms with van der Waals surface area (Å²) in [5, 5.41) is 5.37. The lowest BCUT2D eigenvalue weighted by Crippen LogP contribution is -2.46. The van der Waals surface area contributed by atoms with Crippen LogP contribution in [0.5, 0.6) is 5.75 Å². The molecule has 2 aliphatic rings. The summed E-state index contributed by atoms with van der Waals surface area (Å²) in [5.74, 6) is 0.218. The molecule has 7 nitrogen and oxygen atoms in total. The van der Waals surface area contributed by atoms with Crippen molar-refractivity contribution in [1.82, 2.24) is 10.6 Å². The Labute approximate surface area is 127 Å². The van der Waals surface area contributed by atoms with Crippen molar-refractivity contribution in [2.24, 2.45) is 0 Å². The fourth-order valence-electron chi connectivity index (χ4n) is 2.62. The largest absolute Gasteiger partial charge is 0.482 e. The van der Waals surface area contributed by atoms with E-state index in [-0.39, 0.29) is 24.3 Å². The van der Waals surface area contributed by atoms with Crippen LogP contribution in [-0.2, 0) is 14.4 Å². The van der Waals surface area contributed by atoms with Gasteiger partial charge in [0.05, 0.1) is 5.69 Å². The summed E-state index contributed by atoms with van der Waals surface area (Å²) in [6, 6.07) is 6.84. The zero-order valence-electron chi connectivity index (χ0n) is 12.0. The van der Waals surface area contributed by atoms with Crippen LogP contribution in [-0.4, -0.2) is 43.5 Å². The summed E-state index contributed by atoms with van der Waals surface area (Å²) in [6.07, 6.45) is 0.900. The second-order valence-electron chi connectivity index (χ2n) is 5.25. The first kappa shape index (κ1) is 14.4. The van der Waals surface area contributed by atoms with Crippen LogP contribution in [0.25, 0.3) is 0 Å². The second kappa shape index (κ2) is 6.05. The Morgan fingerprint density at radius 1 is 1.36 bits per heavy atom. The Morgan fingerprint density at radius 3 is 2.95 bits per heavy atom. The number of anilines is 1. The predicted octanol–water partition coefficient (Wildman–Crippen LogP) is -0.193. The lowest BCUT2D eigenvalue weighted by Gasteiger charge is -2.29. The third-order valence-electron chi connectivity index (χ3n) is 3.75. The highest BCUT2D eigenvalue weighted by molar-refractivity contribution is 5.98. The monoisotopic (exact) mass is 303 g/mol. The van der Waals surface area contributed by atoms with Crippen molar-refractivity contribution in [1.29, 1.82) is 0 Å². The lowest BCUT2D eigenvalue weighted by molar-refractivity contribution is -0.125. The highest BCUT2D eigenvalue weighted by Crippen LogP contribution is 2.30. The number of para-hydroxylation sites is 2. The minimum Gasteiger partial charge on any atom is -0.482 e. The minimum atomic E-state index is -0.458. The van der Waals surface area contributed by atoms with Crippen LogP contribution >= 0.6 is 0 Å². The summed E-state index contributed by atoms with van der Waals surface area (Å²) in [7, 11) is 0. The van der Waals surface area contributed by atoms with Gasteiger partial charge in [-0.3, -0.25) is 14.4 Å². The highest BCUT2D eigenvalue weighted by atomic mass is 16.5. The van der Waals surface area contributed by atoms with Crippen molar-refractivity contribution in [3.05, 3.63) is 24.3 Å². The number of nitrogens with zero attached hydrogens (tertiary/aromatic N) is 1. The van der Waals surface area contributed by atoms with Gasteiger partial charge in [0.25, 0.3) is 5.91 Å². The smallest absolute Gasteiger partial charge is 0.265 e. The van der Waals surface area contributed by atoms with Gasteiger partial charge >= 0.3 is 0 Å². The van der Waals surface area contributed by atoms with Crippen molar-refractivity contribution in [2.75, 3.05) is 24.6 Å². The molecule has 7 heteroatoms. The predicted molar refractivity (Wildman–Crippen MR) is 78.5 cm³/mol. The third kappa shape index (κ3) is 2.88. The standard InChI is InChI=1S/C15H17N3O4/c19-13-6-5-10(17-13)15(21)16-7-8-18-11-3-1-2-4-12(11)22-9-14(18)20/h1-4,10H,5-9H2,(H,16,21)(H,17,19). The molecule has 1 aromatic rings. The van der Waals surface area contributed by atoms with Gasteiger partial charge in [0, 0.05) is 19.5 Å². The molecule has 116 valence electrons. The number of ether oxygens (including phenoxy) is 1. The van der Waals surface area contributed by atoms with Gasteiger partial charge in [-0.15, -0.1) is 0 Å². The molecule has 1 unspecified atom stereocenters. The van der Waals surface area contributed by atoms with Crippen LogP contribution < -0.4 is 20.3 Å². The van der Waals surface area contributed by atoms with Gasteiger partial charge in [0.1, 0.15) is 11.8 Å². The SMILES string of the molecule is O=C1CCC(C(=O)NCCN2C(=O)COc3ccccc32)N1. The summed E-state index contributed by atoms with van der Waals surface area (Å²) in [4.78, 5) is 36.6. The number of benzene rings is 1. The molecular formula is C15H17N3O4. The molecule has 2 N–H and O–H groups in total. The van der Waals surface area contributed by atoms with Gasteiger partial charge in [0.2, 0.25) is 11.8 Å². The van der Waals surface area contributed by atoms with E-state index in [9.17, 15) is 14.4 Å². The Bertz CT molecular complexity index is 617. The number of hydrogen-bond acceptors (Lipinski definition) is 4. The maximum Gasteiger partial charge on any atom is 0.265 e. The van der Waals surface area contributed by atoms with Crippen molar-refractivity contribution in [3.63, 3.8) is 0 Å². The second-order valence-corrected chi connectivity index (χ2v) is 5.25. The van der Waals surface area contributed by atoms with Gasteiger partial charge < -0.3 is 20.3 Å². The van der Waals surface area contributed by atoms with Gasteiger partial charge in [0.15, 0.2) is 6.61 Å². The normalized spacial score (nSPS) is 20.2. The van der Waals surface area contributed by atoms with E-state index in [2.05, 4.69) is 10.6 Å². The highest BCUT2D eigenvalue weighted by Gasteiger charge is 2.28. The van der Waals surface area contributed by atoms with Crippen LogP contribution in [0.2, 0.25) is 0 Å². The number of carbonyl (C=O) groups is 3. The summed E-state index contributed by atoms with van der Waals surface area (Å²) in [5.41, 5.74) is 0.710. The average molecular weight is 303 g/mol. The molecule has 1 aromatic carbocycles. The Kier molecular flexibility index (Phi) is 3.95. The average Bonchev–Trinajstić information content (AvgIpc) is 2.96. The molecule has 1 saturated heterocycles. The number of amides is 3. The molecule has 22 heavy (non-hydrogen) atoms. The van der Waals surface area contributed by atoms with Gasteiger partial charge in [-0.1, -0.05) is 12.1 Å². The molecule has 0 spiro atoms. The first-order valence-corrected chi connectivity index (χ1v) is 7.24. The zero-order chi connectivity index (χ0) is 15.5. The van der Waals surface area contributed by atoms with Crippen LogP contribution in [0.15, 0.2) is 24.3 Å². The van der Waals surface area contributed by atoms with Crippen LogP contribution in [0, 0.1) is 0 Å². The Hall–Kier alpha value is -2.57. The molecule has 2 aliphatic heterocycles. The van der Waals surface area contributed by atoms with Gasteiger partial charge in [-0.05, 0) is 18.6 Å². The number of fused-ring (bicyclic) bond motifs is 1. The fourth-order valence-corrected chi connectivity index (χ4v) is 2.62. The van der Waals surface area contributed by atoms with E-state index in [0.717, 1.165) is 0 Å². The van der Waals surface area contributed by atoms with E-state index in [4.69, 9.17) is 4.74 Å². The van der Waals surface area contributed by atoms with Crippen LogP contribution in [0.3, 0.4) is 0 Å². The number of nitrogens with one attached hydrogen (secondary N) is 2. The van der Waals surface area contributed by atoms with Gasteiger partial charge in [-0.25, -0.2) is 0 Å². The molecule has 2 heterocycles. The van der Waals surface area contributed by atoms with Crippen molar-refractivity contribution >= 4 is 23.4 Å². The maximum absolute atomic E-state index is 12.0. The van der Waals surface area contributed by atoms with Crippen molar-refractivity contribution in [3.8, 4) is 5.75 Å². The summed E-state index contributed by atoms with van der Waals surface area (Å²) < 4.78 is 5.36. The number of carbonyl (C=O) groups excluding carboxylic acids is 3. The Morgan fingerprint density at radius 2 is 2.18 bits per heavy atom. The summed E-state index contributed by atoms with van der Waals surface area (Å²) in [6.45, 7) is 0.695. The van der Waals surface area contributed by atoms with Crippen molar-refractivity contribution in [2.45, 2.75) is 18.9 Å². The first-order chi connectivity index (χ1) is 10.6. The molecule has 1 fully saturated rings. The van der Waals surface area contributed by atoms with Crippen LogP contribution in [0.4, 0.5) is 5.69 Å². The van der Waals surface area contributed by atoms with Gasteiger partial charge in [-0.2, -0.15) is 0 Å². The fraction of sp³-hybridized carbons (Fsp3) is 0.400. The van der Waals surface area contributed by atoms with Crippen LogP contribution in [0.1, 0.15) is 12.8 Å².